The zero-order valence-corrected chi connectivity index (χ0v) is 22.2. The minimum absolute atomic E-state index is 0.226. The van der Waals surface area contributed by atoms with E-state index in [1.807, 2.05) is 36.4 Å². The van der Waals surface area contributed by atoms with E-state index in [2.05, 4.69) is 21.8 Å². The molecular weight excluding hydrogens is 492 g/mol. The lowest BCUT2D eigenvalue weighted by atomic mass is 9.96. The van der Waals surface area contributed by atoms with Gasteiger partial charge in [0.05, 0.1) is 35.6 Å². The van der Waals surface area contributed by atoms with Crippen molar-refractivity contribution in [1.82, 2.24) is 9.47 Å². The molecule has 0 radical (unpaired) electrons. The molecule has 37 heavy (non-hydrogen) atoms. The number of anilines is 1. The predicted octanol–water partition coefficient (Wildman–Crippen LogP) is 2.15. The summed E-state index contributed by atoms with van der Waals surface area (Å²) in [6.45, 7) is 7.49. The lowest BCUT2D eigenvalue weighted by Gasteiger charge is -2.32. The maximum atomic E-state index is 13.7. The number of carbonyl (C=O) groups is 1. The third kappa shape index (κ3) is 4.86. The van der Waals surface area contributed by atoms with Crippen molar-refractivity contribution in [1.29, 1.82) is 0 Å². The molecule has 1 atom stereocenters. The van der Waals surface area contributed by atoms with Gasteiger partial charge in [-0.2, -0.15) is 0 Å². The van der Waals surface area contributed by atoms with E-state index < -0.39 is 12.0 Å². The number of rotatable bonds is 6. The maximum absolute atomic E-state index is 13.7. The second kappa shape index (κ2) is 10.4. The van der Waals surface area contributed by atoms with Crippen molar-refractivity contribution in [3.8, 4) is 5.75 Å². The van der Waals surface area contributed by atoms with E-state index in [0.717, 1.165) is 37.6 Å². The first-order chi connectivity index (χ1) is 17.9. The number of esters is 1. The fourth-order valence-electron chi connectivity index (χ4n) is 4.64. The van der Waals surface area contributed by atoms with Gasteiger partial charge in [-0.1, -0.05) is 23.5 Å². The Labute approximate surface area is 218 Å². The molecule has 2 aliphatic heterocycles. The van der Waals surface area contributed by atoms with Crippen molar-refractivity contribution >= 4 is 29.3 Å². The third-order valence-corrected chi connectivity index (χ3v) is 7.63. The SMILES string of the molecule is CCOC(=O)C1=C(C)N=c2s/c(=C/c3ccc(N4CCN(C)CC4)o3)c(=O)n2[C@@H]1c1ccc(OC)cc1. The summed E-state index contributed by atoms with van der Waals surface area (Å²) in [6, 6.07) is 10.5. The summed E-state index contributed by atoms with van der Waals surface area (Å²) in [4.78, 5) is 36.4. The molecule has 0 aliphatic carbocycles. The highest BCUT2D eigenvalue weighted by Crippen LogP contribution is 2.31. The lowest BCUT2D eigenvalue weighted by Crippen LogP contribution is -2.44. The van der Waals surface area contributed by atoms with Crippen molar-refractivity contribution in [3.63, 3.8) is 0 Å². The van der Waals surface area contributed by atoms with Gasteiger partial charge in [-0.15, -0.1) is 0 Å². The van der Waals surface area contributed by atoms with E-state index >= 15 is 0 Å². The molecule has 1 aromatic carbocycles. The zero-order chi connectivity index (χ0) is 26.1. The number of fused-ring (bicyclic) bond motifs is 1. The van der Waals surface area contributed by atoms with E-state index in [-0.39, 0.29) is 12.2 Å². The molecule has 3 aromatic rings. The lowest BCUT2D eigenvalue weighted by molar-refractivity contribution is -0.139. The number of ether oxygens (including phenoxy) is 2. The van der Waals surface area contributed by atoms with E-state index in [1.54, 1.807) is 31.6 Å². The van der Waals surface area contributed by atoms with E-state index in [9.17, 15) is 9.59 Å². The Balaban J connectivity index is 1.57. The summed E-state index contributed by atoms with van der Waals surface area (Å²) >= 11 is 1.28. The van der Waals surface area contributed by atoms with Crippen molar-refractivity contribution in [2.45, 2.75) is 19.9 Å². The van der Waals surface area contributed by atoms with Crippen molar-refractivity contribution in [2.24, 2.45) is 4.99 Å². The van der Waals surface area contributed by atoms with Crippen LogP contribution in [0.1, 0.15) is 31.2 Å². The summed E-state index contributed by atoms with van der Waals surface area (Å²) in [6.07, 6.45) is 1.75. The Bertz CT molecular complexity index is 1510. The van der Waals surface area contributed by atoms with Crippen molar-refractivity contribution in [2.75, 3.05) is 51.8 Å². The van der Waals surface area contributed by atoms with Crippen LogP contribution in [0.4, 0.5) is 5.88 Å². The number of furan rings is 1. The van der Waals surface area contributed by atoms with Crippen LogP contribution in [0, 0.1) is 0 Å². The normalized spacial score (nSPS) is 18.5. The van der Waals surface area contributed by atoms with Gasteiger partial charge in [-0.05, 0) is 44.7 Å². The Morgan fingerprint density at radius 1 is 1.16 bits per heavy atom. The summed E-state index contributed by atoms with van der Waals surface area (Å²) in [5.74, 6) is 1.59. The number of hydrogen-bond donors (Lipinski definition) is 0. The summed E-state index contributed by atoms with van der Waals surface area (Å²) in [5.41, 5.74) is 1.40. The highest BCUT2D eigenvalue weighted by molar-refractivity contribution is 7.07. The molecule has 2 aromatic heterocycles. The second-order valence-corrected chi connectivity index (χ2v) is 10.1. The first-order valence-corrected chi connectivity index (χ1v) is 13.1. The number of methoxy groups -OCH3 is 1. The van der Waals surface area contributed by atoms with Gasteiger partial charge in [0.2, 0.25) is 0 Å². The highest BCUT2D eigenvalue weighted by atomic mass is 32.1. The van der Waals surface area contributed by atoms with Crippen LogP contribution in [-0.4, -0.2) is 62.4 Å². The average molecular weight is 523 g/mol. The smallest absolute Gasteiger partial charge is 0.338 e. The number of hydrogen-bond acceptors (Lipinski definition) is 9. The van der Waals surface area contributed by atoms with E-state index in [0.29, 0.717) is 32.1 Å². The van der Waals surface area contributed by atoms with Crippen LogP contribution in [0.5, 0.6) is 5.75 Å². The fraction of sp³-hybridized carbons (Fsp3) is 0.370. The van der Waals surface area contributed by atoms with Crippen LogP contribution in [0.2, 0.25) is 0 Å². The molecule has 0 saturated carbocycles. The molecule has 0 bridgehead atoms. The molecule has 10 heteroatoms. The molecule has 2 aliphatic rings. The minimum Gasteiger partial charge on any atom is -0.497 e. The largest absolute Gasteiger partial charge is 0.497 e. The van der Waals surface area contributed by atoms with Crippen LogP contribution >= 0.6 is 11.3 Å². The van der Waals surface area contributed by atoms with Crippen LogP contribution in [0.3, 0.4) is 0 Å². The van der Waals surface area contributed by atoms with Crippen molar-refractivity contribution in [3.05, 3.63) is 78.7 Å². The molecule has 5 rings (SSSR count). The summed E-state index contributed by atoms with van der Waals surface area (Å²) in [7, 11) is 3.70. The highest BCUT2D eigenvalue weighted by Gasteiger charge is 2.33. The Kier molecular flexibility index (Phi) is 7.03. The fourth-order valence-corrected chi connectivity index (χ4v) is 5.67. The number of thiazole rings is 1. The van der Waals surface area contributed by atoms with Gasteiger partial charge in [0.25, 0.3) is 5.56 Å². The van der Waals surface area contributed by atoms with Gasteiger partial charge < -0.3 is 23.7 Å². The summed E-state index contributed by atoms with van der Waals surface area (Å²) in [5, 5.41) is 0. The average Bonchev–Trinajstić information content (AvgIpc) is 3.48. The predicted molar refractivity (Wildman–Crippen MR) is 142 cm³/mol. The molecule has 1 fully saturated rings. The number of likely N-dealkylation sites (N-methyl/N-ethyl adjacent to an activating group) is 1. The summed E-state index contributed by atoms with van der Waals surface area (Å²) < 4.78 is 18.8. The molecule has 194 valence electrons. The monoisotopic (exact) mass is 522 g/mol. The Morgan fingerprint density at radius 2 is 1.89 bits per heavy atom. The van der Waals surface area contributed by atoms with Crippen LogP contribution in [0.15, 0.2) is 61.9 Å². The van der Waals surface area contributed by atoms with Crippen molar-refractivity contribution < 1.29 is 18.7 Å². The van der Waals surface area contributed by atoms with Gasteiger partial charge in [0.15, 0.2) is 10.7 Å². The van der Waals surface area contributed by atoms with E-state index in [4.69, 9.17) is 13.9 Å². The number of benzene rings is 1. The molecule has 0 spiro atoms. The van der Waals surface area contributed by atoms with Crippen LogP contribution in [0.25, 0.3) is 6.08 Å². The molecular formula is C27H30N4O5S. The van der Waals surface area contributed by atoms with Gasteiger partial charge in [-0.25, -0.2) is 9.79 Å². The number of nitrogens with zero attached hydrogens (tertiary/aromatic N) is 4. The number of piperazine rings is 1. The molecule has 9 nitrogen and oxygen atoms in total. The van der Waals surface area contributed by atoms with Gasteiger partial charge >= 0.3 is 5.97 Å². The van der Waals surface area contributed by atoms with Gasteiger partial charge in [-0.3, -0.25) is 9.36 Å². The topological polar surface area (TPSA) is 89.5 Å². The van der Waals surface area contributed by atoms with Crippen LogP contribution in [-0.2, 0) is 9.53 Å². The number of allylic oxidation sites excluding steroid dienone is 1. The quantitative estimate of drug-likeness (QED) is 0.459. The third-order valence-electron chi connectivity index (χ3n) is 6.65. The number of carbonyl (C=O) groups excluding carboxylic acids is 1. The maximum Gasteiger partial charge on any atom is 0.338 e. The first-order valence-electron chi connectivity index (χ1n) is 12.3. The van der Waals surface area contributed by atoms with Gasteiger partial charge in [0, 0.05) is 38.3 Å². The molecule has 1 saturated heterocycles. The van der Waals surface area contributed by atoms with E-state index in [1.165, 1.54) is 11.3 Å². The Hall–Kier alpha value is -3.63. The first kappa shape index (κ1) is 25.0. The Morgan fingerprint density at radius 3 is 2.57 bits per heavy atom. The van der Waals surface area contributed by atoms with Crippen LogP contribution < -0.4 is 24.5 Å². The second-order valence-electron chi connectivity index (χ2n) is 9.04. The standard InChI is InChI=1S/C27H30N4O5S/c1-5-35-26(33)23-17(2)28-27-31(24(23)18-6-8-19(34-4)9-7-18)25(32)21(37-27)16-20-10-11-22(36-20)30-14-12-29(3)13-15-30/h6-11,16,24H,5,12-15H2,1-4H3/b21-16+/t24-/m1/s1. The molecule has 0 amide bonds. The van der Waals surface area contributed by atoms with Gasteiger partial charge in [0.1, 0.15) is 11.5 Å². The zero-order valence-electron chi connectivity index (χ0n) is 21.4. The number of aromatic nitrogens is 1. The minimum atomic E-state index is -0.666. The molecule has 0 N–H and O–H groups in total. The molecule has 4 heterocycles. The molecule has 0 unspecified atom stereocenters.